The van der Waals surface area contributed by atoms with E-state index in [1.165, 1.54) is 0 Å². The van der Waals surface area contributed by atoms with Crippen molar-refractivity contribution in [3.63, 3.8) is 0 Å². The third kappa shape index (κ3) is 5.00. The molecule has 2 aromatic carbocycles. The first-order valence-corrected chi connectivity index (χ1v) is 9.71. The Morgan fingerprint density at radius 3 is 2.56 bits per heavy atom. The molecule has 0 aliphatic heterocycles. The molecule has 2 aromatic rings. The molecule has 2 N–H and O–H groups in total. The zero-order valence-corrected chi connectivity index (χ0v) is 17.0. The summed E-state index contributed by atoms with van der Waals surface area (Å²) in [6.45, 7) is 1.73. The number of rotatable bonds is 7. The molecule has 0 aliphatic rings. The summed E-state index contributed by atoms with van der Waals surface area (Å²) in [6, 6.07) is 13.2. The van der Waals surface area contributed by atoms with Gasteiger partial charge < -0.3 is 10.5 Å². The highest BCUT2D eigenvalue weighted by molar-refractivity contribution is 9.10. The van der Waals surface area contributed by atoms with E-state index in [0.29, 0.717) is 16.5 Å². The van der Waals surface area contributed by atoms with Gasteiger partial charge >= 0.3 is 5.97 Å². The normalized spacial score (nSPS) is 11.8. The fourth-order valence-electron chi connectivity index (χ4n) is 2.57. The maximum absolute atomic E-state index is 13.1. The number of hydrogen-bond acceptors (Lipinski definition) is 4. The summed E-state index contributed by atoms with van der Waals surface area (Å²) in [6.07, 6.45) is 0. The molecule has 0 heterocycles. The van der Waals surface area contributed by atoms with E-state index in [-0.39, 0.29) is 24.9 Å². The second kappa shape index (κ2) is 9.27. The third-order valence-electron chi connectivity index (χ3n) is 3.95. The lowest BCUT2D eigenvalue weighted by atomic mass is 9.88. The first-order valence-electron chi connectivity index (χ1n) is 7.80. The summed E-state index contributed by atoms with van der Waals surface area (Å²) in [5, 5.41) is 0.681. The largest absolute Gasteiger partial charge is 0.460 e. The van der Waals surface area contributed by atoms with E-state index in [1.54, 1.807) is 12.1 Å². The lowest BCUT2D eigenvalue weighted by molar-refractivity contribution is -0.143. The van der Waals surface area contributed by atoms with Crippen LogP contribution < -0.4 is 5.73 Å². The molecule has 4 nitrogen and oxygen atoms in total. The van der Waals surface area contributed by atoms with Crippen molar-refractivity contribution >= 4 is 43.6 Å². The summed E-state index contributed by atoms with van der Waals surface area (Å²) in [5.74, 6) is -0.834. The first kappa shape index (κ1) is 19.8. The average molecular weight is 469 g/mol. The smallest absolute Gasteiger partial charge is 0.320 e. The molecule has 0 saturated heterocycles. The molecule has 1 atom stereocenters. The van der Waals surface area contributed by atoms with E-state index in [9.17, 15) is 9.59 Å². The van der Waals surface area contributed by atoms with Crippen LogP contribution in [0.4, 0.5) is 0 Å². The van der Waals surface area contributed by atoms with Crippen LogP contribution in [0.2, 0.25) is 0 Å². The van der Waals surface area contributed by atoms with Gasteiger partial charge in [-0.2, -0.15) is 0 Å². The van der Waals surface area contributed by atoms with Crippen LogP contribution in [0.25, 0.3) is 0 Å². The summed E-state index contributed by atoms with van der Waals surface area (Å²) in [7, 11) is 0. The molecule has 0 aromatic heterocycles. The highest BCUT2D eigenvalue weighted by Crippen LogP contribution is 2.28. The highest BCUT2D eigenvalue weighted by atomic mass is 79.9. The Labute approximate surface area is 164 Å². The Bertz CT molecular complexity index is 777. The van der Waals surface area contributed by atoms with Crippen molar-refractivity contribution in [1.29, 1.82) is 0 Å². The van der Waals surface area contributed by atoms with Crippen LogP contribution in [0.3, 0.4) is 0 Å². The van der Waals surface area contributed by atoms with Gasteiger partial charge in [0, 0.05) is 26.8 Å². The zero-order chi connectivity index (χ0) is 18.4. The summed E-state index contributed by atoms with van der Waals surface area (Å²) >= 11 is 6.87. The Morgan fingerprint density at radius 2 is 1.88 bits per heavy atom. The molecule has 0 bridgehead atoms. The van der Waals surface area contributed by atoms with Gasteiger partial charge in [-0.15, -0.1) is 0 Å². The van der Waals surface area contributed by atoms with Crippen molar-refractivity contribution in [2.24, 2.45) is 5.73 Å². The van der Waals surface area contributed by atoms with E-state index in [4.69, 9.17) is 10.5 Å². The molecule has 0 amide bonds. The van der Waals surface area contributed by atoms with Gasteiger partial charge in [-0.25, -0.2) is 0 Å². The van der Waals surface area contributed by atoms with E-state index in [0.717, 1.165) is 15.6 Å². The van der Waals surface area contributed by atoms with Gasteiger partial charge in [0.1, 0.15) is 6.61 Å². The maximum Gasteiger partial charge on any atom is 0.320 e. The van der Waals surface area contributed by atoms with Crippen molar-refractivity contribution < 1.29 is 14.3 Å². The number of hydrogen-bond donors (Lipinski definition) is 1. The van der Waals surface area contributed by atoms with Crippen molar-refractivity contribution in [2.75, 3.05) is 6.54 Å². The van der Waals surface area contributed by atoms with Gasteiger partial charge in [0.15, 0.2) is 5.78 Å². The zero-order valence-electron chi connectivity index (χ0n) is 13.8. The van der Waals surface area contributed by atoms with Gasteiger partial charge in [0.25, 0.3) is 0 Å². The minimum atomic E-state index is -0.501. The molecular formula is C19H19Br2NO3. The number of carbonyl (C=O) groups excluding carboxylic acids is 2. The number of esters is 1. The molecule has 0 unspecified atom stereocenters. The molecule has 25 heavy (non-hydrogen) atoms. The number of ketones is 1. The third-order valence-corrected chi connectivity index (χ3v) is 5.05. The van der Waals surface area contributed by atoms with Crippen LogP contribution >= 0.6 is 31.9 Å². The van der Waals surface area contributed by atoms with Gasteiger partial charge in [-0.1, -0.05) is 69.1 Å². The topological polar surface area (TPSA) is 69.4 Å². The quantitative estimate of drug-likeness (QED) is 0.373. The van der Waals surface area contributed by atoms with E-state index in [1.807, 2.05) is 37.3 Å². The van der Waals surface area contributed by atoms with Crippen LogP contribution in [0.5, 0.6) is 0 Å². The second-order valence-electron chi connectivity index (χ2n) is 5.58. The molecule has 132 valence electrons. The van der Waals surface area contributed by atoms with Crippen LogP contribution in [-0.4, -0.2) is 18.3 Å². The number of halogens is 2. The van der Waals surface area contributed by atoms with Crippen molar-refractivity contribution in [3.8, 4) is 0 Å². The Morgan fingerprint density at radius 1 is 1.16 bits per heavy atom. The molecule has 0 aliphatic carbocycles. The lowest BCUT2D eigenvalue weighted by Crippen LogP contribution is -2.18. The molecule has 0 spiro atoms. The molecule has 0 radical (unpaired) electrons. The fourth-order valence-corrected chi connectivity index (χ4v) is 3.45. The van der Waals surface area contributed by atoms with Gasteiger partial charge in [-0.3, -0.25) is 9.59 Å². The van der Waals surface area contributed by atoms with Crippen molar-refractivity contribution in [2.45, 2.75) is 24.8 Å². The van der Waals surface area contributed by atoms with Gasteiger partial charge in [0.2, 0.25) is 0 Å². The molecule has 0 fully saturated rings. The summed E-state index contributed by atoms with van der Waals surface area (Å²) in [5.41, 5.74) is 8.52. The molecule has 2 rings (SSSR count). The van der Waals surface area contributed by atoms with Crippen molar-refractivity contribution in [3.05, 3.63) is 69.2 Å². The predicted octanol–water partition coefficient (Wildman–Crippen LogP) is 4.33. The van der Waals surface area contributed by atoms with Gasteiger partial charge in [-0.05, 0) is 23.3 Å². The number of nitrogens with two attached hydrogens (primary N) is 1. The molecule has 6 heteroatoms. The highest BCUT2D eigenvalue weighted by Gasteiger charge is 2.22. The molecular weight excluding hydrogens is 450 g/mol. The Hall–Kier alpha value is -1.50. The number of benzene rings is 2. The SMILES string of the molecule is C[C@H](C(=O)c1cc(Br)ccc1COC(=O)CN)c1ccccc1CBr. The van der Waals surface area contributed by atoms with Gasteiger partial charge in [0.05, 0.1) is 6.54 Å². The second-order valence-corrected chi connectivity index (χ2v) is 7.06. The van der Waals surface area contributed by atoms with E-state index in [2.05, 4.69) is 31.9 Å². The summed E-state index contributed by atoms with van der Waals surface area (Å²) in [4.78, 5) is 24.4. The number of alkyl halides is 1. The number of Topliss-reactive ketones (excluding diaryl/α,β-unsaturated/α-hetero) is 1. The fraction of sp³-hybridized carbons (Fsp3) is 0.263. The van der Waals surface area contributed by atoms with E-state index < -0.39 is 5.97 Å². The van der Waals surface area contributed by atoms with Crippen LogP contribution in [0.15, 0.2) is 46.9 Å². The minimum Gasteiger partial charge on any atom is -0.460 e. The summed E-state index contributed by atoms with van der Waals surface area (Å²) < 4.78 is 5.90. The van der Waals surface area contributed by atoms with E-state index >= 15 is 0 Å². The number of carbonyl (C=O) groups is 2. The monoisotopic (exact) mass is 467 g/mol. The molecule has 0 saturated carbocycles. The standard InChI is InChI=1S/C19H19Br2NO3/c1-12(16-5-3-2-4-13(16)9-20)19(24)17-8-15(21)7-6-14(17)11-25-18(23)10-22/h2-8,12H,9-11,22H2,1H3/t12-/m0/s1. The average Bonchev–Trinajstić information content (AvgIpc) is 2.65. The Kier molecular flexibility index (Phi) is 7.35. The van der Waals surface area contributed by atoms with Crippen molar-refractivity contribution in [1.82, 2.24) is 0 Å². The minimum absolute atomic E-state index is 0.0199. The first-order chi connectivity index (χ1) is 12.0. The van der Waals surface area contributed by atoms with Crippen LogP contribution in [0, 0.1) is 0 Å². The number of ether oxygens (including phenoxy) is 1. The Balaban J connectivity index is 2.34. The maximum atomic E-state index is 13.1. The lowest BCUT2D eigenvalue weighted by Gasteiger charge is -2.17. The van der Waals surface area contributed by atoms with Crippen LogP contribution in [-0.2, 0) is 21.5 Å². The van der Waals surface area contributed by atoms with Crippen LogP contribution in [0.1, 0.15) is 39.9 Å². The predicted molar refractivity (Wildman–Crippen MR) is 105 cm³/mol.